The van der Waals surface area contributed by atoms with Gasteiger partial charge in [-0.3, -0.25) is 4.98 Å². The summed E-state index contributed by atoms with van der Waals surface area (Å²) in [6.45, 7) is 0.0167. The molecule has 1 aromatic carbocycles. The Labute approximate surface area is 116 Å². The molecular weight excluding hydrogens is 281 g/mol. The largest absolute Gasteiger partial charge is 0.323 e. The molecule has 7 heteroatoms. The molecule has 20 heavy (non-hydrogen) atoms. The van der Waals surface area contributed by atoms with Gasteiger partial charge in [-0.05, 0) is 11.6 Å². The molecular formula is C13H14FN3O2S. The van der Waals surface area contributed by atoms with E-state index in [-0.39, 0.29) is 11.4 Å². The van der Waals surface area contributed by atoms with Crippen molar-refractivity contribution in [2.24, 2.45) is 5.73 Å². The lowest BCUT2D eigenvalue weighted by Gasteiger charge is -2.13. The number of benzene rings is 1. The van der Waals surface area contributed by atoms with E-state index in [0.29, 0.717) is 0 Å². The first-order valence-electron chi connectivity index (χ1n) is 5.90. The van der Waals surface area contributed by atoms with Crippen LogP contribution in [0.5, 0.6) is 0 Å². The van der Waals surface area contributed by atoms with Crippen molar-refractivity contribution < 1.29 is 12.8 Å². The minimum atomic E-state index is -3.82. The zero-order chi connectivity index (χ0) is 14.6. The van der Waals surface area contributed by atoms with Gasteiger partial charge < -0.3 is 5.73 Å². The highest BCUT2D eigenvalue weighted by molar-refractivity contribution is 7.89. The maximum Gasteiger partial charge on any atom is 0.242 e. The van der Waals surface area contributed by atoms with Crippen molar-refractivity contribution in [3.05, 3.63) is 60.2 Å². The van der Waals surface area contributed by atoms with Gasteiger partial charge in [-0.2, -0.15) is 0 Å². The first kappa shape index (κ1) is 14.6. The molecule has 0 saturated carbocycles. The molecule has 1 atom stereocenters. The summed E-state index contributed by atoms with van der Waals surface area (Å²) in [6, 6.07) is 9.53. The van der Waals surface area contributed by atoms with Crippen molar-refractivity contribution in [1.29, 1.82) is 0 Å². The molecule has 0 bridgehead atoms. The summed E-state index contributed by atoms with van der Waals surface area (Å²) in [5.41, 5.74) is 6.71. The van der Waals surface area contributed by atoms with Gasteiger partial charge in [-0.25, -0.2) is 17.5 Å². The number of sulfonamides is 1. The Morgan fingerprint density at radius 1 is 1.25 bits per heavy atom. The fourth-order valence-corrected chi connectivity index (χ4v) is 2.67. The number of hydrogen-bond acceptors (Lipinski definition) is 4. The lowest BCUT2D eigenvalue weighted by molar-refractivity contribution is 0.567. The van der Waals surface area contributed by atoms with Crippen molar-refractivity contribution >= 4 is 10.0 Å². The van der Waals surface area contributed by atoms with Crippen LogP contribution in [0.3, 0.4) is 0 Å². The molecule has 2 aromatic rings. The van der Waals surface area contributed by atoms with Crippen molar-refractivity contribution in [1.82, 2.24) is 9.71 Å². The summed E-state index contributed by atoms with van der Waals surface area (Å²) in [4.78, 5) is 3.29. The predicted octanol–water partition coefficient (Wildman–Crippen LogP) is 1.20. The van der Waals surface area contributed by atoms with Gasteiger partial charge in [-0.1, -0.05) is 30.3 Å². The van der Waals surface area contributed by atoms with E-state index >= 15 is 0 Å². The van der Waals surface area contributed by atoms with Crippen molar-refractivity contribution in [3.8, 4) is 0 Å². The van der Waals surface area contributed by atoms with E-state index in [2.05, 4.69) is 9.71 Å². The molecule has 0 fully saturated rings. The third-order valence-corrected chi connectivity index (χ3v) is 4.10. The normalized spacial score (nSPS) is 13.1. The van der Waals surface area contributed by atoms with Gasteiger partial charge in [0.1, 0.15) is 10.7 Å². The van der Waals surface area contributed by atoms with E-state index in [9.17, 15) is 12.8 Å². The van der Waals surface area contributed by atoms with Crippen LogP contribution in [0.1, 0.15) is 11.6 Å². The molecule has 1 unspecified atom stereocenters. The molecule has 0 saturated heterocycles. The molecule has 1 heterocycles. The van der Waals surface area contributed by atoms with Crippen LogP contribution in [0.25, 0.3) is 0 Å². The number of nitrogens with zero attached hydrogens (tertiary/aromatic N) is 1. The topological polar surface area (TPSA) is 85.1 Å². The van der Waals surface area contributed by atoms with Gasteiger partial charge >= 0.3 is 0 Å². The standard InChI is InChI=1S/C13H14FN3O2S/c14-11-6-12(8-16-7-11)20(18,19)17-9-13(15)10-4-2-1-3-5-10/h1-8,13,17H,9,15H2. The Morgan fingerprint density at radius 3 is 2.60 bits per heavy atom. The third kappa shape index (κ3) is 3.60. The van der Waals surface area contributed by atoms with Crippen LogP contribution in [0.4, 0.5) is 4.39 Å². The van der Waals surface area contributed by atoms with Gasteiger partial charge in [0, 0.05) is 18.8 Å². The van der Waals surface area contributed by atoms with Gasteiger partial charge in [0.05, 0.1) is 6.20 Å². The lowest BCUT2D eigenvalue weighted by Crippen LogP contribution is -2.32. The predicted molar refractivity (Wildman–Crippen MR) is 72.8 cm³/mol. The second-order valence-electron chi connectivity index (χ2n) is 4.21. The molecule has 5 nitrogen and oxygen atoms in total. The van der Waals surface area contributed by atoms with E-state index < -0.39 is 21.9 Å². The first-order valence-corrected chi connectivity index (χ1v) is 7.38. The van der Waals surface area contributed by atoms with Gasteiger partial charge in [0.25, 0.3) is 0 Å². The maximum absolute atomic E-state index is 13.0. The number of rotatable bonds is 5. The SMILES string of the molecule is NC(CNS(=O)(=O)c1cncc(F)c1)c1ccccc1. The number of nitrogens with two attached hydrogens (primary N) is 1. The second kappa shape index (κ2) is 6.08. The average Bonchev–Trinajstić information content (AvgIpc) is 2.46. The van der Waals surface area contributed by atoms with E-state index in [1.165, 1.54) is 0 Å². The molecule has 0 aliphatic rings. The number of hydrogen-bond donors (Lipinski definition) is 2. The monoisotopic (exact) mass is 295 g/mol. The van der Waals surface area contributed by atoms with Crippen LogP contribution in [0.15, 0.2) is 53.7 Å². The van der Waals surface area contributed by atoms with E-state index in [1.807, 2.05) is 30.3 Å². The van der Waals surface area contributed by atoms with Gasteiger partial charge in [-0.15, -0.1) is 0 Å². The highest BCUT2D eigenvalue weighted by atomic mass is 32.2. The van der Waals surface area contributed by atoms with E-state index in [4.69, 9.17) is 5.73 Å². The quantitative estimate of drug-likeness (QED) is 0.868. The van der Waals surface area contributed by atoms with Crippen molar-refractivity contribution in [3.63, 3.8) is 0 Å². The second-order valence-corrected chi connectivity index (χ2v) is 5.97. The van der Waals surface area contributed by atoms with Crippen LogP contribution in [-0.2, 0) is 10.0 Å². The van der Waals surface area contributed by atoms with Crippen LogP contribution in [0.2, 0.25) is 0 Å². The van der Waals surface area contributed by atoms with Crippen molar-refractivity contribution in [2.45, 2.75) is 10.9 Å². The van der Waals surface area contributed by atoms with Gasteiger partial charge in [0.15, 0.2) is 0 Å². The zero-order valence-electron chi connectivity index (χ0n) is 10.5. The molecule has 0 aliphatic carbocycles. The molecule has 3 N–H and O–H groups in total. The molecule has 1 aromatic heterocycles. The first-order chi connectivity index (χ1) is 9.49. The van der Waals surface area contributed by atoms with Crippen molar-refractivity contribution in [2.75, 3.05) is 6.54 Å². The Kier molecular flexibility index (Phi) is 4.43. The van der Waals surface area contributed by atoms with Crippen LogP contribution in [-0.4, -0.2) is 19.9 Å². The van der Waals surface area contributed by atoms with Crippen LogP contribution < -0.4 is 10.5 Å². The molecule has 0 aliphatic heterocycles. The zero-order valence-corrected chi connectivity index (χ0v) is 11.3. The Hall–Kier alpha value is -1.83. The summed E-state index contributed by atoms with van der Waals surface area (Å²) in [5, 5.41) is 0. The van der Waals surface area contributed by atoms with Crippen LogP contribution in [0, 0.1) is 5.82 Å². The number of aromatic nitrogens is 1. The fraction of sp³-hybridized carbons (Fsp3) is 0.154. The van der Waals surface area contributed by atoms with Crippen LogP contribution >= 0.6 is 0 Å². The third-order valence-electron chi connectivity index (χ3n) is 2.71. The average molecular weight is 295 g/mol. The molecule has 0 radical (unpaired) electrons. The number of pyridine rings is 1. The Morgan fingerprint density at radius 2 is 1.95 bits per heavy atom. The maximum atomic E-state index is 13.0. The molecule has 0 amide bonds. The summed E-state index contributed by atoms with van der Waals surface area (Å²) in [5.74, 6) is -0.708. The lowest BCUT2D eigenvalue weighted by atomic mass is 10.1. The molecule has 106 valence electrons. The Bertz CT molecular complexity index is 677. The summed E-state index contributed by atoms with van der Waals surface area (Å²) < 4.78 is 39.2. The smallest absolute Gasteiger partial charge is 0.242 e. The van der Waals surface area contributed by atoms with E-state index in [1.54, 1.807) is 0 Å². The fourth-order valence-electron chi connectivity index (χ4n) is 1.64. The number of halogens is 1. The minimum absolute atomic E-state index is 0.0167. The molecule has 0 spiro atoms. The highest BCUT2D eigenvalue weighted by Gasteiger charge is 2.17. The summed E-state index contributed by atoms with van der Waals surface area (Å²) in [6.07, 6.45) is 2.02. The van der Waals surface area contributed by atoms with Gasteiger partial charge in [0.2, 0.25) is 10.0 Å². The number of nitrogens with one attached hydrogen (secondary N) is 1. The summed E-state index contributed by atoms with van der Waals surface area (Å²) in [7, 11) is -3.82. The molecule has 2 rings (SSSR count). The Balaban J connectivity index is 2.07. The highest BCUT2D eigenvalue weighted by Crippen LogP contribution is 2.11. The minimum Gasteiger partial charge on any atom is -0.323 e. The summed E-state index contributed by atoms with van der Waals surface area (Å²) >= 11 is 0. The van der Waals surface area contributed by atoms with E-state index in [0.717, 1.165) is 24.0 Å².